The molecule has 2 nitrogen and oxygen atoms in total. The number of rotatable bonds is 2. The fraction of sp³-hybridized carbons (Fsp3) is 0.364. The summed E-state index contributed by atoms with van der Waals surface area (Å²) in [4.78, 5) is 4.45. The molecule has 0 aliphatic heterocycles. The van der Waals surface area contributed by atoms with Crippen molar-refractivity contribution < 1.29 is 0 Å². The third kappa shape index (κ3) is 1.84. The van der Waals surface area contributed by atoms with E-state index in [1.54, 1.807) is 0 Å². The predicted octanol–water partition coefficient (Wildman–Crippen LogP) is 4.06. The topological polar surface area (TPSA) is 17.8 Å². The van der Waals surface area contributed by atoms with Crippen LogP contribution in [0.3, 0.4) is 0 Å². The van der Waals surface area contributed by atoms with Gasteiger partial charge in [0.15, 0.2) is 0 Å². The highest BCUT2D eigenvalue weighted by molar-refractivity contribution is 6.42. The highest BCUT2D eigenvalue weighted by atomic mass is 35.5. The predicted molar refractivity (Wildman–Crippen MR) is 64.8 cm³/mol. The molecule has 2 rings (SSSR count). The summed E-state index contributed by atoms with van der Waals surface area (Å²) in [5.41, 5.74) is 1.97. The van der Waals surface area contributed by atoms with Gasteiger partial charge in [0.05, 0.1) is 21.1 Å². The average molecular weight is 243 g/mol. The van der Waals surface area contributed by atoms with Crippen molar-refractivity contribution in [2.45, 2.75) is 26.8 Å². The maximum Gasteiger partial charge on any atom is 0.106 e. The third-order valence-electron chi connectivity index (χ3n) is 2.43. The van der Waals surface area contributed by atoms with Gasteiger partial charge in [-0.1, -0.05) is 30.1 Å². The van der Waals surface area contributed by atoms with Gasteiger partial charge in [-0.2, -0.15) is 0 Å². The molecule has 0 spiro atoms. The number of hydrogen-bond acceptors (Lipinski definition) is 1. The van der Waals surface area contributed by atoms with Gasteiger partial charge >= 0.3 is 0 Å². The first-order chi connectivity index (χ1) is 7.13. The first-order valence-corrected chi connectivity index (χ1v) is 5.71. The van der Waals surface area contributed by atoms with Crippen LogP contribution >= 0.6 is 23.2 Å². The molecule has 0 aliphatic rings. The molecule has 0 aliphatic carbocycles. The summed E-state index contributed by atoms with van der Waals surface area (Å²) in [6.45, 7) is 5.10. The summed E-state index contributed by atoms with van der Waals surface area (Å²) >= 11 is 11.9. The molecule has 80 valence electrons. The molecule has 0 bridgehead atoms. The van der Waals surface area contributed by atoms with Crippen LogP contribution in [0.2, 0.25) is 10.0 Å². The number of aryl methyl sites for hydroxylation is 2. The number of halogens is 2. The van der Waals surface area contributed by atoms with Crippen molar-refractivity contribution >= 4 is 34.2 Å². The second-order valence-electron chi connectivity index (χ2n) is 3.57. The Kier molecular flexibility index (Phi) is 2.89. The Bertz CT molecular complexity index is 503. The van der Waals surface area contributed by atoms with Crippen molar-refractivity contribution in [2.75, 3.05) is 0 Å². The van der Waals surface area contributed by atoms with E-state index in [4.69, 9.17) is 23.2 Å². The molecule has 0 N–H and O–H groups in total. The maximum absolute atomic E-state index is 6.00. The van der Waals surface area contributed by atoms with Crippen LogP contribution in [0.15, 0.2) is 12.1 Å². The van der Waals surface area contributed by atoms with Crippen LogP contribution in [0.1, 0.15) is 19.2 Å². The fourth-order valence-corrected chi connectivity index (χ4v) is 2.06. The minimum absolute atomic E-state index is 0.560. The fourth-order valence-electron chi connectivity index (χ4n) is 1.75. The zero-order chi connectivity index (χ0) is 11.0. The van der Waals surface area contributed by atoms with Crippen molar-refractivity contribution in [3.05, 3.63) is 28.0 Å². The summed E-state index contributed by atoms with van der Waals surface area (Å²) in [5, 5.41) is 1.15. The molecule has 0 atom stereocenters. The van der Waals surface area contributed by atoms with Crippen LogP contribution in [0.4, 0.5) is 0 Å². The van der Waals surface area contributed by atoms with Crippen LogP contribution < -0.4 is 0 Å². The first-order valence-electron chi connectivity index (χ1n) is 4.95. The number of benzene rings is 1. The van der Waals surface area contributed by atoms with E-state index in [1.807, 2.05) is 19.1 Å². The number of fused-ring (bicyclic) bond motifs is 1. The molecule has 1 aromatic carbocycles. The van der Waals surface area contributed by atoms with Crippen LogP contribution in [0.5, 0.6) is 0 Å². The molecule has 0 saturated heterocycles. The van der Waals surface area contributed by atoms with E-state index in [-0.39, 0.29) is 0 Å². The van der Waals surface area contributed by atoms with E-state index in [2.05, 4.69) is 16.5 Å². The second-order valence-corrected chi connectivity index (χ2v) is 4.38. The molecule has 1 heterocycles. The monoisotopic (exact) mass is 242 g/mol. The van der Waals surface area contributed by atoms with Crippen molar-refractivity contribution in [3.8, 4) is 0 Å². The van der Waals surface area contributed by atoms with E-state index in [9.17, 15) is 0 Å². The Labute approximate surface area is 98.8 Å². The van der Waals surface area contributed by atoms with Gasteiger partial charge in [0, 0.05) is 6.54 Å². The Hall–Kier alpha value is -0.730. The summed E-state index contributed by atoms with van der Waals surface area (Å²) in [6.07, 6.45) is 1.08. The van der Waals surface area contributed by atoms with Gasteiger partial charge in [-0.05, 0) is 25.5 Å². The van der Waals surface area contributed by atoms with E-state index in [1.165, 1.54) is 0 Å². The molecular weight excluding hydrogens is 231 g/mol. The quantitative estimate of drug-likeness (QED) is 0.777. The minimum Gasteiger partial charge on any atom is -0.328 e. The molecule has 0 radical (unpaired) electrons. The van der Waals surface area contributed by atoms with Crippen LogP contribution in [-0.4, -0.2) is 9.55 Å². The normalized spacial score (nSPS) is 11.2. The van der Waals surface area contributed by atoms with Crippen molar-refractivity contribution in [1.82, 2.24) is 9.55 Å². The van der Waals surface area contributed by atoms with Crippen LogP contribution in [0.25, 0.3) is 11.0 Å². The SMILES string of the molecule is CCCn1c(C)nc2cc(Cl)c(Cl)cc21. The van der Waals surface area contributed by atoms with Crippen molar-refractivity contribution in [2.24, 2.45) is 0 Å². The van der Waals surface area contributed by atoms with Gasteiger partial charge in [0.1, 0.15) is 5.82 Å². The van der Waals surface area contributed by atoms with Gasteiger partial charge in [0.2, 0.25) is 0 Å². The maximum atomic E-state index is 6.00. The Morgan fingerprint density at radius 2 is 1.93 bits per heavy atom. The van der Waals surface area contributed by atoms with Gasteiger partial charge in [0.25, 0.3) is 0 Å². The van der Waals surface area contributed by atoms with E-state index < -0.39 is 0 Å². The molecule has 0 fully saturated rings. The summed E-state index contributed by atoms with van der Waals surface area (Å²) < 4.78 is 2.16. The summed E-state index contributed by atoms with van der Waals surface area (Å²) in [7, 11) is 0. The molecule has 15 heavy (non-hydrogen) atoms. The smallest absolute Gasteiger partial charge is 0.106 e. The standard InChI is InChI=1S/C11H12Cl2N2/c1-3-4-15-7(2)14-10-5-8(12)9(13)6-11(10)15/h5-6H,3-4H2,1-2H3. The first kappa shape index (κ1) is 10.8. The highest BCUT2D eigenvalue weighted by Gasteiger charge is 2.09. The van der Waals surface area contributed by atoms with Gasteiger partial charge in [-0.3, -0.25) is 0 Å². The Balaban J connectivity index is 2.70. The lowest BCUT2D eigenvalue weighted by Gasteiger charge is -2.04. The third-order valence-corrected chi connectivity index (χ3v) is 3.15. The lowest BCUT2D eigenvalue weighted by atomic mass is 10.3. The lowest BCUT2D eigenvalue weighted by molar-refractivity contribution is 0.676. The van der Waals surface area contributed by atoms with E-state index in [0.717, 1.165) is 29.8 Å². The number of aromatic nitrogens is 2. The van der Waals surface area contributed by atoms with E-state index >= 15 is 0 Å². The Morgan fingerprint density at radius 1 is 1.27 bits per heavy atom. The largest absolute Gasteiger partial charge is 0.328 e. The molecule has 0 amide bonds. The minimum atomic E-state index is 0.560. The number of hydrogen-bond donors (Lipinski definition) is 0. The second kappa shape index (κ2) is 4.03. The van der Waals surface area contributed by atoms with Gasteiger partial charge in [-0.25, -0.2) is 4.98 Å². The summed E-state index contributed by atoms with van der Waals surface area (Å²) in [5.74, 6) is 1.00. The number of imidazole rings is 1. The highest BCUT2D eigenvalue weighted by Crippen LogP contribution is 2.28. The molecule has 1 aromatic heterocycles. The molecule has 0 saturated carbocycles. The zero-order valence-corrected chi connectivity index (χ0v) is 10.2. The van der Waals surface area contributed by atoms with Gasteiger partial charge in [-0.15, -0.1) is 0 Å². The van der Waals surface area contributed by atoms with E-state index in [0.29, 0.717) is 10.0 Å². The number of nitrogens with zero attached hydrogens (tertiary/aromatic N) is 2. The Morgan fingerprint density at radius 3 is 2.60 bits per heavy atom. The van der Waals surface area contributed by atoms with Crippen molar-refractivity contribution in [3.63, 3.8) is 0 Å². The summed E-state index contributed by atoms with van der Waals surface area (Å²) in [6, 6.07) is 3.70. The zero-order valence-electron chi connectivity index (χ0n) is 8.72. The van der Waals surface area contributed by atoms with Crippen LogP contribution in [-0.2, 0) is 6.54 Å². The molecular formula is C11H12Cl2N2. The van der Waals surface area contributed by atoms with Crippen molar-refractivity contribution in [1.29, 1.82) is 0 Å². The molecule has 2 aromatic rings. The molecule has 4 heteroatoms. The van der Waals surface area contributed by atoms with Crippen LogP contribution in [0, 0.1) is 6.92 Å². The lowest BCUT2D eigenvalue weighted by Crippen LogP contribution is -1.98. The molecule has 0 unspecified atom stereocenters. The average Bonchev–Trinajstić information content (AvgIpc) is 2.46. The van der Waals surface area contributed by atoms with Gasteiger partial charge < -0.3 is 4.57 Å².